The Morgan fingerprint density at radius 2 is 0.750 bits per heavy atom. The molecule has 0 aromatic carbocycles. The number of rotatable bonds is 7. The van der Waals surface area contributed by atoms with Crippen molar-refractivity contribution in [2.45, 2.75) is 77.0 Å². The van der Waals surface area contributed by atoms with Crippen LogP contribution in [-0.4, -0.2) is 62.3 Å². The van der Waals surface area contributed by atoms with Crippen molar-refractivity contribution in [3.8, 4) is 0 Å². The summed E-state index contributed by atoms with van der Waals surface area (Å²) < 4.78 is 2.74. The molecule has 2 aliphatic heterocycles. The molecule has 0 radical (unpaired) electrons. The van der Waals surface area contributed by atoms with E-state index in [1.807, 2.05) is 0 Å². The maximum absolute atomic E-state index is 2.51. The lowest BCUT2D eigenvalue weighted by molar-refractivity contribution is -0.909. The molecule has 0 spiro atoms. The number of likely N-dealkylation sites (tertiary alicyclic amines) is 2. The maximum Gasteiger partial charge on any atom is 0.0784 e. The molecule has 24 heavy (non-hydrogen) atoms. The van der Waals surface area contributed by atoms with E-state index in [0.29, 0.717) is 0 Å². The molecule has 0 aliphatic carbocycles. The van der Waals surface area contributed by atoms with E-state index < -0.39 is 0 Å². The lowest BCUT2D eigenvalue weighted by Gasteiger charge is -2.34. The summed E-state index contributed by atoms with van der Waals surface area (Å²) in [6, 6.07) is 0. The zero-order valence-corrected chi connectivity index (χ0v) is 19.6. The van der Waals surface area contributed by atoms with E-state index in [1.165, 1.54) is 125 Å². The van der Waals surface area contributed by atoms with Gasteiger partial charge in [0.05, 0.1) is 53.4 Å². The highest BCUT2D eigenvalue weighted by Crippen LogP contribution is 2.19. The van der Waals surface area contributed by atoms with Crippen LogP contribution >= 0.6 is 0 Å². The van der Waals surface area contributed by atoms with Crippen molar-refractivity contribution in [3.05, 3.63) is 0 Å². The predicted octanol–water partition coefficient (Wildman–Crippen LogP) is -1.40. The zero-order valence-electron chi connectivity index (χ0n) is 16.4. The standard InChI is InChI=1S/C20H42N2.2BrH/c1-21(15-9-3-4-10-16-21)19-13-7-8-14-20-22(2)17-11-5-6-12-18-22;;/h3-20H2,1-2H3;2*1H/q+2;;/p-2. The van der Waals surface area contributed by atoms with Gasteiger partial charge in [-0.15, -0.1) is 0 Å². The molecule has 0 aromatic heterocycles. The molecule has 4 heteroatoms. The van der Waals surface area contributed by atoms with Crippen molar-refractivity contribution in [1.82, 2.24) is 0 Å². The van der Waals surface area contributed by atoms with E-state index >= 15 is 0 Å². The van der Waals surface area contributed by atoms with Crippen molar-refractivity contribution in [1.29, 1.82) is 0 Å². The Hall–Kier alpha value is 0.880. The number of hydrogen-bond acceptors (Lipinski definition) is 0. The van der Waals surface area contributed by atoms with Crippen molar-refractivity contribution in [2.75, 3.05) is 53.4 Å². The molecular weight excluding hydrogens is 428 g/mol. The van der Waals surface area contributed by atoms with Gasteiger partial charge in [-0.05, 0) is 77.0 Å². The van der Waals surface area contributed by atoms with E-state index in [9.17, 15) is 0 Å². The summed E-state index contributed by atoms with van der Waals surface area (Å²) in [7, 11) is 5.02. The fourth-order valence-electron chi connectivity index (χ4n) is 4.69. The Bertz CT molecular complexity index is 264. The topological polar surface area (TPSA) is 0 Å². The van der Waals surface area contributed by atoms with Gasteiger partial charge in [0.2, 0.25) is 0 Å². The van der Waals surface area contributed by atoms with E-state index in [0.717, 1.165) is 0 Å². The number of halogens is 2. The molecule has 0 atom stereocenters. The minimum Gasteiger partial charge on any atom is -1.00 e. The Morgan fingerprint density at radius 3 is 1.04 bits per heavy atom. The Labute approximate surface area is 173 Å². The van der Waals surface area contributed by atoms with Crippen LogP contribution in [-0.2, 0) is 0 Å². The zero-order chi connectivity index (χ0) is 15.7. The Kier molecular flexibility index (Phi) is 13.6. The van der Waals surface area contributed by atoms with Crippen LogP contribution in [0.1, 0.15) is 77.0 Å². The van der Waals surface area contributed by atoms with Gasteiger partial charge in [-0.25, -0.2) is 0 Å². The number of unbranched alkanes of at least 4 members (excludes halogenated alkanes) is 3. The van der Waals surface area contributed by atoms with Gasteiger partial charge in [-0.2, -0.15) is 0 Å². The van der Waals surface area contributed by atoms with Crippen LogP contribution in [0.4, 0.5) is 0 Å². The lowest BCUT2D eigenvalue weighted by atomic mass is 10.1. The van der Waals surface area contributed by atoms with Crippen LogP contribution in [0.3, 0.4) is 0 Å². The predicted molar refractivity (Wildman–Crippen MR) is 97.0 cm³/mol. The maximum atomic E-state index is 2.51. The summed E-state index contributed by atoms with van der Waals surface area (Å²) >= 11 is 0. The molecule has 0 amide bonds. The fourth-order valence-corrected chi connectivity index (χ4v) is 4.69. The van der Waals surface area contributed by atoms with Crippen LogP contribution in [0.5, 0.6) is 0 Å². The number of hydrogen-bond donors (Lipinski definition) is 0. The molecule has 2 heterocycles. The van der Waals surface area contributed by atoms with Gasteiger partial charge in [-0.3, -0.25) is 0 Å². The minimum atomic E-state index is 0. The summed E-state index contributed by atoms with van der Waals surface area (Å²) in [6.07, 6.45) is 17.6. The summed E-state index contributed by atoms with van der Waals surface area (Å²) in [5.41, 5.74) is 0. The normalized spacial score (nSPS) is 23.2. The third-order valence-electron chi connectivity index (χ3n) is 6.44. The first kappa shape index (κ1) is 24.9. The third kappa shape index (κ3) is 9.54. The largest absolute Gasteiger partial charge is 1.00 e. The molecule has 0 bridgehead atoms. The molecule has 0 saturated carbocycles. The second kappa shape index (κ2) is 13.1. The van der Waals surface area contributed by atoms with E-state index in [2.05, 4.69) is 14.1 Å². The minimum absolute atomic E-state index is 0. The molecule has 0 aromatic rings. The highest BCUT2D eigenvalue weighted by Gasteiger charge is 2.24. The monoisotopic (exact) mass is 468 g/mol. The summed E-state index contributed by atoms with van der Waals surface area (Å²) in [6.45, 7) is 8.63. The molecule has 2 aliphatic rings. The average molecular weight is 470 g/mol. The first-order chi connectivity index (χ1) is 10.6. The second-order valence-electron chi connectivity index (χ2n) is 8.82. The summed E-state index contributed by atoms with van der Waals surface area (Å²) in [5, 5.41) is 0. The third-order valence-corrected chi connectivity index (χ3v) is 6.44. The van der Waals surface area contributed by atoms with Crippen LogP contribution < -0.4 is 34.0 Å². The van der Waals surface area contributed by atoms with Crippen LogP contribution in [0.25, 0.3) is 0 Å². The Morgan fingerprint density at radius 1 is 0.458 bits per heavy atom. The van der Waals surface area contributed by atoms with E-state index in [1.54, 1.807) is 0 Å². The second-order valence-corrected chi connectivity index (χ2v) is 8.82. The molecule has 2 rings (SSSR count). The van der Waals surface area contributed by atoms with Crippen molar-refractivity contribution in [2.24, 2.45) is 0 Å². The van der Waals surface area contributed by atoms with Crippen molar-refractivity contribution < 1.29 is 42.9 Å². The smallest absolute Gasteiger partial charge is 0.0784 e. The van der Waals surface area contributed by atoms with Crippen LogP contribution in [0.15, 0.2) is 0 Å². The van der Waals surface area contributed by atoms with E-state index in [4.69, 9.17) is 0 Å². The van der Waals surface area contributed by atoms with E-state index in [-0.39, 0.29) is 34.0 Å². The van der Waals surface area contributed by atoms with Gasteiger partial charge in [0.1, 0.15) is 0 Å². The number of quaternary nitrogens is 2. The SMILES string of the molecule is C[N+]1(CCCCCC[N+]2(C)CCCCCC2)CCCCCC1.[Br-].[Br-]. The van der Waals surface area contributed by atoms with Gasteiger partial charge in [0.25, 0.3) is 0 Å². The molecule has 2 nitrogen and oxygen atoms in total. The first-order valence-electron chi connectivity index (χ1n) is 10.3. The quantitative estimate of drug-likeness (QED) is 0.317. The molecule has 2 fully saturated rings. The molecule has 2 saturated heterocycles. The van der Waals surface area contributed by atoms with Crippen molar-refractivity contribution >= 4 is 0 Å². The highest BCUT2D eigenvalue weighted by molar-refractivity contribution is 4.54. The van der Waals surface area contributed by atoms with Gasteiger partial charge in [0, 0.05) is 0 Å². The van der Waals surface area contributed by atoms with Gasteiger partial charge < -0.3 is 42.9 Å². The van der Waals surface area contributed by atoms with Gasteiger partial charge in [0.15, 0.2) is 0 Å². The van der Waals surface area contributed by atoms with Crippen LogP contribution in [0, 0.1) is 0 Å². The van der Waals surface area contributed by atoms with Gasteiger partial charge >= 0.3 is 0 Å². The Balaban J connectivity index is 0.00000264. The molecule has 0 unspecified atom stereocenters. The highest BCUT2D eigenvalue weighted by atomic mass is 79.9. The molecule has 0 N–H and O–H groups in total. The molecular formula is C20H42Br2N2. The summed E-state index contributed by atoms with van der Waals surface area (Å²) in [5.74, 6) is 0. The first-order valence-corrected chi connectivity index (χ1v) is 10.3. The summed E-state index contributed by atoms with van der Waals surface area (Å²) in [4.78, 5) is 0. The van der Waals surface area contributed by atoms with Gasteiger partial charge in [-0.1, -0.05) is 0 Å². The average Bonchev–Trinajstić information content (AvgIpc) is 2.84. The van der Waals surface area contributed by atoms with Crippen molar-refractivity contribution in [3.63, 3.8) is 0 Å². The lowest BCUT2D eigenvalue weighted by Crippen LogP contribution is -3.00. The number of nitrogens with zero attached hydrogens (tertiary/aromatic N) is 2. The molecule has 146 valence electrons. The fraction of sp³-hybridized carbons (Fsp3) is 1.00. The van der Waals surface area contributed by atoms with Crippen LogP contribution in [0.2, 0.25) is 0 Å².